The fraction of sp³-hybridized carbons (Fsp3) is 0.286. The van der Waals surface area contributed by atoms with E-state index in [1.165, 1.54) is 0 Å². The summed E-state index contributed by atoms with van der Waals surface area (Å²) in [5.41, 5.74) is 1.66. The summed E-state index contributed by atoms with van der Waals surface area (Å²) in [6, 6.07) is 15.3. The fourth-order valence-corrected chi connectivity index (χ4v) is 2.67. The molecule has 0 amide bonds. The molecule has 1 N–H and O–H groups in total. The first-order chi connectivity index (χ1) is 12.2. The molecule has 0 saturated heterocycles. The summed E-state index contributed by atoms with van der Waals surface area (Å²) in [5.74, 6) is 0.836. The smallest absolute Gasteiger partial charge is 0.185 e. The minimum atomic E-state index is -0.000365. The Balaban J connectivity index is 1.79. The van der Waals surface area contributed by atoms with E-state index in [1.807, 2.05) is 54.6 Å². The SMILES string of the molecule is O=C(/C=C/c1ccc(OCCCCCCO)cc1)c1ccc(I)cc1. The second-order valence-electron chi connectivity index (χ2n) is 5.76. The number of hydrogen-bond donors (Lipinski definition) is 1. The summed E-state index contributed by atoms with van der Waals surface area (Å²) in [7, 11) is 0. The Morgan fingerprint density at radius 1 is 0.960 bits per heavy atom. The van der Waals surface area contributed by atoms with Crippen molar-refractivity contribution in [3.63, 3.8) is 0 Å². The molecule has 25 heavy (non-hydrogen) atoms. The zero-order valence-corrected chi connectivity index (χ0v) is 16.3. The molecular weight excluding hydrogens is 427 g/mol. The van der Waals surface area contributed by atoms with Gasteiger partial charge in [0.15, 0.2) is 5.78 Å². The molecule has 0 radical (unpaired) electrons. The lowest BCUT2D eigenvalue weighted by molar-refractivity contribution is 0.104. The molecule has 0 spiro atoms. The van der Waals surface area contributed by atoms with E-state index in [0.29, 0.717) is 12.2 Å². The monoisotopic (exact) mass is 450 g/mol. The van der Waals surface area contributed by atoms with Crippen molar-refractivity contribution in [2.75, 3.05) is 13.2 Å². The average Bonchev–Trinajstić information content (AvgIpc) is 2.64. The first kappa shape index (κ1) is 19.7. The topological polar surface area (TPSA) is 46.5 Å². The lowest BCUT2D eigenvalue weighted by Crippen LogP contribution is -1.97. The maximum atomic E-state index is 12.1. The van der Waals surface area contributed by atoms with Crippen molar-refractivity contribution in [2.45, 2.75) is 25.7 Å². The molecule has 0 aliphatic carbocycles. The molecule has 3 nitrogen and oxygen atoms in total. The third-order valence-corrected chi connectivity index (χ3v) is 4.48. The van der Waals surface area contributed by atoms with E-state index in [1.54, 1.807) is 6.08 Å². The van der Waals surface area contributed by atoms with Crippen molar-refractivity contribution in [1.82, 2.24) is 0 Å². The molecule has 0 bridgehead atoms. The van der Waals surface area contributed by atoms with Crippen LogP contribution < -0.4 is 4.74 Å². The van der Waals surface area contributed by atoms with E-state index in [9.17, 15) is 4.79 Å². The number of ketones is 1. The molecule has 0 aromatic heterocycles. The highest BCUT2D eigenvalue weighted by Gasteiger charge is 2.01. The maximum absolute atomic E-state index is 12.1. The third kappa shape index (κ3) is 7.40. The summed E-state index contributed by atoms with van der Waals surface area (Å²) < 4.78 is 6.81. The quantitative estimate of drug-likeness (QED) is 0.237. The van der Waals surface area contributed by atoms with Crippen molar-refractivity contribution in [1.29, 1.82) is 0 Å². The summed E-state index contributed by atoms with van der Waals surface area (Å²) in [6.45, 7) is 0.952. The lowest BCUT2D eigenvalue weighted by Gasteiger charge is -2.06. The lowest BCUT2D eigenvalue weighted by atomic mass is 10.1. The minimum Gasteiger partial charge on any atom is -0.494 e. The number of unbranched alkanes of at least 4 members (excludes halogenated alkanes) is 3. The number of hydrogen-bond acceptors (Lipinski definition) is 3. The van der Waals surface area contributed by atoms with Gasteiger partial charge in [-0.15, -0.1) is 0 Å². The molecule has 2 rings (SSSR count). The van der Waals surface area contributed by atoms with Gasteiger partial charge in [0.05, 0.1) is 6.61 Å². The van der Waals surface area contributed by atoms with Crippen molar-refractivity contribution in [2.24, 2.45) is 0 Å². The number of aliphatic hydroxyl groups excluding tert-OH is 1. The van der Waals surface area contributed by atoms with Crippen LogP contribution in [0, 0.1) is 3.57 Å². The standard InChI is InChI=1S/C21H23IO3/c22-19-10-8-18(9-11-19)21(24)14-7-17-5-12-20(13-6-17)25-16-4-2-1-3-15-23/h5-14,23H,1-4,15-16H2/b14-7+. The van der Waals surface area contributed by atoms with E-state index in [2.05, 4.69) is 22.6 Å². The van der Waals surface area contributed by atoms with Gasteiger partial charge in [-0.05, 0) is 77.8 Å². The number of allylic oxidation sites excluding steroid dienone is 1. The van der Waals surface area contributed by atoms with Gasteiger partial charge in [0, 0.05) is 15.7 Å². The van der Waals surface area contributed by atoms with Crippen LogP contribution in [-0.4, -0.2) is 24.1 Å². The van der Waals surface area contributed by atoms with Crippen LogP contribution in [0.1, 0.15) is 41.6 Å². The number of benzene rings is 2. The second-order valence-corrected chi connectivity index (χ2v) is 7.01. The first-order valence-corrected chi connectivity index (χ1v) is 9.58. The highest BCUT2D eigenvalue weighted by atomic mass is 127. The molecule has 0 aliphatic heterocycles. The first-order valence-electron chi connectivity index (χ1n) is 8.51. The highest BCUT2D eigenvalue weighted by molar-refractivity contribution is 14.1. The predicted octanol–water partition coefficient (Wildman–Crippen LogP) is 5.12. The van der Waals surface area contributed by atoms with Gasteiger partial charge in [0.2, 0.25) is 0 Å². The van der Waals surface area contributed by atoms with Gasteiger partial charge in [-0.2, -0.15) is 0 Å². The predicted molar refractivity (Wildman–Crippen MR) is 110 cm³/mol. The Labute approximate surface area is 162 Å². The Bertz CT molecular complexity index is 675. The van der Waals surface area contributed by atoms with Gasteiger partial charge in [0.25, 0.3) is 0 Å². The molecular formula is C21H23IO3. The van der Waals surface area contributed by atoms with Crippen molar-refractivity contribution < 1.29 is 14.6 Å². The Morgan fingerprint density at radius 2 is 1.64 bits per heavy atom. The highest BCUT2D eigenvalue weighted by Crippen LogP contribution is 2.15. The van der Waals surface area contributed by atoms with E-state index < -0.39 is 0 Å². The Kier molecular flexibility index (Phi) is 8.69. The number of rotatable bonds is 10. The average molecular weight is 450 g/mol. The van der Waals surface area contributed by atoms with Crippen molar-refractivity contribution in [3.8, 4) is 5.75 Å². The summed E-state index contributed by atoms with van der Waals surface area (Å²) in [5, 5.41) is 8.72. The minimum absolute atomic E-state index is 0.000365. The fourth-order valence-electron chi connectivity index (χ4n) is 2.31. The van der Waals surface area contributed by atoms with Crippen LogP contribution in [-0.2, 0) is 0 Å². The molecule has 2 aromatic rings. The van der Waals surface area contributed by atoms with Crippen LogP contribution in [0.3, 0.4) is 0 Å². The van der Waals surface area contributed by atoms with Gasteiger partial charge in [-0.1, -0.05) is 36.8 Å². The molecule has 4 heteroatoms. The van der Waals surface area contributed by atoms with Crippen LogP contribution in [0.25, 0.3) is 6.08 Å². The largest absolute Gasteiger partial charge is 0.494 e. The number of ether oxygens (including phenoxy) is 1. The normalized spacial score (nSPS) is 11.0. The van der Waals surface area contributed by atoms with Crippen LogP contribution in [0.4, 0.5) is 0 Å². The molecule has 0 fully saturated rings. The van der Waals surface area contributed by atoms with Crippen LogP contribution in [0.2, 0.25) is 0 Å². The van der Waals surface area contributed by atoms with Gasteiger partial charge in [-0.3, -0.25) is 4.79 Å². The van der Waals surface area contributed by atoms with E-state index in [0.717, 1.165) is 40.6 Å². The van der Waals surface area contributed by atoms with Gasteiger partial charge in [-0.25, -0.2) is 0 Å². The van der Waals surface area contributed by atoms with E-state index >= 15 is 0 Å². The van der Waals surface area contributed by atoms with E-state index in [-0.39, 0.29) is 12.4 Å². The van der Waals surface area contributed by atoms with Gasteiger partial charge in [0.1, 0.15) is 5.75 Å². The molecule has 0 heterocycles. The maximum Gasteiger partial charge on any atom is 0.185 e. The summed E-state index contributed by atoms with van der Waals surface area (Å²) in [6.07, 6.45) is 7.38. The Morgan fingerprint density at radius 3 is 2.32 bits per heavy atom. The number of aliphatic hydroxyl groups is 1. The Hall–Kier alpha value is -1.66. The van der Waals surface area contributed by atoms with E-state index in [4.69, 9.17) is 9.84 Å². The van der Waals surface area contributed by atoms with Crippen molar-refractivity contribution >= 4 is 34.5 Å². The molecule has 0 saturated carbocycles. The van der Waals surface area contributed by atoms with Gasteiger partial charge >= 0.3 is 0 Å². The zero-order valence-electron chi connectivity index (χ0n) is 14.2. The summed E-state index contributed by atoms with van der Waals surface area (Å²) in [4.78, 5) is 12.1. The number of carbonyl (C=O) groups excluding carboxylic acids is 1. The molecule has 132 valence electrons. The van der Waals surface area contributed by atoms with Crippen LogP contribution >= 0.6 is 22.6 Å². The molecule has 0 unspecified atom stereocenters. The van der Waals surface area contributed by atoms with Crippen molar-refractivity contribution in [3.05, 3.63) is 69.3 Å². The third-order valence-electron chi connectivity index (χ3n) is 3.76. The summed E-state index contributed by atoms with van der Waals surface area (Å²) >= 11 is 2.22. The van der Waals surface area contributed by atoms with Crippen LogP contribution in [0.5, 0.6) is 5.75 Å². The molecule has 0 aliphatic rings. The van der Waals surface area contributed by atoms with Gasteiger partial charge < -0.3 is 9.84 Å². The zero-order chi connectivity index (χ0) is 17.9. The number of halogens is 1. The molecule has 2 aromatic carbocycles. The second kappa shape index (κ2) is 11.1. The molecule has 0 atom stereocenters. The van der Waals surface area contributed by atoms with Crippen LogP contribution in [0.15, 0.2) is 54.6 Å². The number of carbonyl (C=O) groups is 1.